The average molecular weight is 394 g/mol. The second-order valence-corrected chi connectivity index (χ2v) is 6.96. The van der Waals surface area contributed by atoms with Gasteiger partial charge in [0, 0.05) is 31.2 Å². The SMILES string of the molecule is CCc1nnc(N2CCN(C(=O)c3ccc(Cl)cc3Cl)CC2)nc1CC. The van der Waals surface area contributed by atoms with Crippen molar-refractivity contribution < 1.29 is 4.79 Å². The van der Waals surface area contributed by atoms with Crippen LogP contribution in [0.25, 0.3) is 0 Å². The molecule has 1 amide bonds. The number of halogens is 2. The second-order valence-electron chi connectivity index (χ2n) is 6.12. The molecule has 3 rings (SSSR count). The molecule has 8 heteroatoms. The molecule has 1 aromatic carbocycles. The largest absolute Gasteiger partial charge is 0.336 e. The zero-order chi connectivity index (χ0) is 18.7. The van der Waals surface area contributed by atoms with E-state index >= 15 is 0 Å². The summed E-state index contributed by atoms with van der Waals surface area (Å²) in [5.41, 5.74) is 2.41. The maximum Gasteiger partial charge on any atom is 0.255 e. The molecule has 2 aromatic rings. The van der Waals surface area contributed by atoms with Gasteiger partial charge in [-0.1, -0.05) is 37.0 Å². The van der Waals surface area contributed by atoms with E-state index in [1.807, 2.05) is 0 Å². The highest BCUT2D eigenvalue weighted by atomic mass is 35.5. The number of anilines is 1. The van der Waals surface area contributed by atoms with E-state index in [1.165, 1.54) is 0 Å². The normalized spacial score (nSPS) is 14.6. The van der Waals surface area contributed by atoms with Crippen molar-refractivity contribution in [3.63, 3.8) is 0 Å². The lowest BCUT2D eigenvalue weighted by atomic mass is 10.2. The standard InChI is InChI=1S/C18H21Cl2N5O/c1-3-15-16(4-2)22-23-18(21-15)25-9-7-24(8-10-25)17(26)13-6-5-12(19)11-14(13)20/h5-6,11H,3-4,7-10H2,1-2H3. The molecule has 138 valence electrons. The van der Waals surface area contributed by atoms with Gasteiger partial charge in [-0.3, -0.25) is 4.79 Å². The van der Waals surface area contributed by atoms with E-state index in [4.69, 9.17) is 23.2 Å². The number of carbonyl (C=O) groups excluding carboxylic acids is 1. The smallest absolute Gasteiger partial charge is 0.255 e. The van der Waals surface area contributed by atoms with Gasteiger partial charge in [0.15, 0.2) is 0 Å². The molecule has 26 heavy (non-hydrogen) atoms. The predicted molar refractivity (Wildman–Crippen MR) is 103 cm³/mol. The Morgan fingerprint density at radius 3 is 2.35 bits per heavy atom. The van der Waals surface area contributed by atoms with Crippen LogP contribution in [-0.4, -0.2) is 52.2 Å². The number of aryl methyl sites for hydroxylation is 2. The van der Waals surface area contributed by atoms with Crippen molar-refractivity contribution in [2.24, 2.45) is 0 Å². The first kappa shape index (κ1) is 18.9. The fraction of sp³-hybridized carbons (Fsp3) is 0.444. The molecule has 0 bridgehead atoms. The van der Waals surface area contributed by atoms with Crippen LogP contribution in [0.4, 0.5) is 5.95 Å². The molecule has 1 saturated heterocycles. The number of hydrogen-bond acceptors (Lipinski definition) is 5. The highest BCUT2D eigenvalue weighted by molar-refractivity contribution is 6.36. The van der Waals surface area contributed by atoms with Crippen LogP contribution in [0.5, 0.6) is 0 Å². The van der Waals surface area contributed by atoms with Gasteiger partial charge in [-0.15, -0.1) is 5.10 Å². The molecule has 0 spiro atoms. The molecule has 6 nitrogen and oxygen atoms in total. The van der Waals surface area contributed by atoms with Gasteiger partial charge in [0.25, 0.3) is 5.91 Å². The van der Waals surface area contributed by atoms with Gasteiger partial charge in [-0.2, -0.15) is 5.10 Å². The number of carbonyl (C=O) groups is 1. The summed E-state index contributed by atoms with van der Waals surface area (Å²) in [6.45, 7) is 6.60. The Morgan fingerprint density at radius 1 is 1.04 bits per heavy atom. The number of rotatable bonds is 4. The Morgan fingerprint density at radius 2 is 1.73 bits per heavy atom. The lowest BCUT2D eigenvalue weighted by molar-refractivity contribution is 0.0746. The summed E-state index contributed by atoms with van der Waals surface area (Å²) in [4.78, 5) is 21.2. The molecule has 0 N–H and O–H groups in total. The zero-order valence-electron chi connectivity index (χ0n) is 14.9. The molecule has 0 unspecified atom stereocenters. The topological polar surface area (TPSA) is 62.2 Å². The highest BCUT2D eigenvalue weighted by Gasteiger charge is 2.25. The maximum absolute atomic E-state index is 12.7. The first-order valence-corrected chi connectivity index (χ1v) is 9.50. The van der Waals surface area contributed by atoms with Gasteiger partial charge in [0.05, 0.1) is 22.0 Å². The van der Waals surface area contributed by atoms with Crippen LogP contribution in [0.3, 0.4) is 0 Å². The fourth-order valence-electron chi connectivity index (χ4n) is 3.01. The summed E-state index contributed by atoms with van der Waals surface area (Å²) in [5, 5.41) is 9.45. The summed E-state index contributed by atoms with van der Waals surface area (Å²) in [7, 11) is 0. The van der Waals surface area contributed by atoms with Crippen LogP contribution in [0, 0.1) is 0 Å². The Labute approximate surface area is 163 Å². The highest BCUT2D eigenvalue weighted by Crippen LogP contribution is 2.23. The Balaban J connectivity index is 1.68. The number of nitrogens with zero attached hydrogens (tertiary/aromatic N) is 5. The molecular weight excluding hydrogens is 373 g/mol. The first-order chi connectivity index (χ1) is 12.5. The number of aromatic nitrogens is 3. The summed E-state index contributed by atoms with van der Waals surface area (Å²) >= 11 is 12.1. The number of hydrogen-bond donors (Lipinski definition) is 0. The van der Waals surface area contributed by atoms with Crippen LogP contribution in [0.1, 0.15) is 35.6 Å². The van der Waals surface area contributed by atoms with E-state index in [-0.39, 0.29) is 5.91 Å². The molecule has 1 aromatic heterocycles. The second kappa shape index (κ2) is 8.18. The molecule has 0 atom stereocenters. The van der Waals surface area contributed by atoms with E-state index in [2.05, 4.69) is 33.9 Å². The minimum Gasteiger partial charge on any atom is -0.336 e. The third-order valence-corrected chi connectivity index (χ3v) is 5.06. The number of piperazine rings is 1. The molecule has 2 heterocycles. The van der Waals surface area contributed by atoms with Crippen molar-refractivity contribution >= 4 is 35.1 Å². The van der Waals surface area contributed by atoms with E-state index in [1.54, 1.807) is 23.1 Å². The lowest BCUT2D eigenvalue weighted by Crippen LogP contribution is -2.49. The average Bonchev–Trinajstić information content (AvgIpc) is 2.67. The quantitative estimate of drug-likeness (QED) is 0.797. The molecule has 1 aliphatic heterocycles. The van der Waals surface area contributed by atoms with Crippen LogP contribution in [0.15, 0.2) is 18.2 Å². The van der Waals surface area contributed by atoms with E-state index in [9.17, 15) is 4.79 Å². The minimum atomic E-state index is -0.0825. The van der Waals surface area contributed by atoms with Crippen LogP contribution < -0.4 is 4.90 Å². The van der Waals surface area contributed by atoms with Crippen molar-refractivity contribution in [3.05, 3.63) is 45.2 Å². The Kier molecular flexibility index (Phi) is 5.94. The summed E-state index contributed by atoms with van der Waals surface area (Å²) in [6.07, 6.45) is 1.66. The van der Waals surface area contributed by atoms with Gasteiger partial charge in [0.2, 0.25) is 5.95 Å². The Bertz CT molecular complexity index is 806. The number of benzene rings is 1. The van der Waals surface area contributed by atoms with Crippen LogP contribution >= 0.6 is 23.2 Å². The third kappa shape index (κ3) is 3.91. The van der Waals surface area contributed by atoms with Crippen LogP contribution in [0.2, 0.25) is 10.0 Å². The summed E-state index contributed by atoms with van der Waals surface area (Å²) in [5.74, 6) is 0.552. The lowest BCUT2D eigenvalue weighted by Gasteiger charge is -2.34. The molecule has 0 radical (unpaired) electrons. The first-order valence-electron chi connectivity index (χ1n) is 8.75. The summed E-state index contributed by atoms with van der Waals surface area (Å²) in [6, 6.07) is 4.94. The number of amides is 1. The molecule has 1 fully saturated rings. The zero-order valence-corrected chi connectivity index (χ0v) is 16.4. The van der Waals surface area contributed by atoms with Crippen molar-refractivity contribution in [2.45, 2.75) is 26.7 Å². The van der Waals surface area contributed by atoms with Gasteiger partial charge in [-0.25, -0.2) is 4.98 Å². The minimum absolute atomic E-state index is 0.0825. The molecule has 1 aliphatic rings. The maximum atomic E-state index is 12.7. The van der Waals surface area contributed by atoms with E-state index in [0.29, 0.717) is 47.7 Å². The van der Waals surface area contributed by atoms with Crippen LogP contribution in [-0.2, 0) is 12.8 Å². The monoisotopic (exact) mass is 393 g/mol. The molecule has 0 aliphatic carbocycles. The van der Waals surface area contributed by atoms with Gasteiger partial charge >= 0.3 is 0 Å². The Hall–Kier alpha value is -1.92. The van der Waals surface area contributed by atoms with Gasteiger partial charge in [0.1, 0.15) is 0 Å². The third-order valence-electron chi connectivity index (χ3n) is 4.51. The predicted octanol–water partition coefficient (Wildman–Crippen LogP) is 3.27. The van der Waals surface area contributed by atoms with Gasteiger partial charge in [-0.05, 0) is 31.0 Å². The molecule has 0 saturated carbocycles. The van der Waals surface area contributed by atoms with Crippen molar-refractivity contribution in [2.75, 3.05) is 31.1 Å². The van der Waals surface area contributed by atoms with E-state index in [0.717, 1.165) is 24.2 Å². The van der Waals surface area contributed by atoms with Crippen molar-refractivity contribution in [3.8, 4) is 0 Å². The van der Waals surface area contributed by atoms with E-state index < -0.39 is 0 Å². The van der Waals surface area contributed by atoms with Crippen molar-refractivity contribution in [1.29, 1.82) is 0 Å². The molecular formula is C18H21Cl2N5O. The fourth-order valence-corrected chi connectivity index (χ4v) is 3.49. The van der Waals surface area contributed by atoms with Crippen molar-refractivity contribution in [1.82, 2.24) is 20.1 Å². The summed E-state index contributed by atoms with van der Waals surface area (Å²) < 4.78 is 0. The van der Waals surface area contributed by atoms with Gasteiger partial charge < -0.3 is 9.80 Å².